The molecule has 0 heterocycles. The predicted octanol–water partition coefficient (Wildman–Crippen LogP) is 4.60. The summed E-state index contributed by atoms with van der Waals surface area (Å²) in [4.78, 5) is 14.0. The smallest absolute Gasteiger partial charge is 0.309 e. The van der Waals surface area contributed by atoms with Gasteiger partial charge in [0.25, 0.3) is 0 Å². The molecule has 24 heavy (non-hydrogen) atoms. The molecule has 0 spiro atoms. The van der Waals surface area contributed by atoms with E-state index in [2.05, 4.69) is 6.92 Å². The second kappa shape index (κ2) is 11.9. The number of aliphatic hydroxyl groups is 1. The molecule has 0 saturated heterocycles. The molecule has 0 aromatic carbocycles. The molecule has 3 atom stereocenters. The Hall–Kier alpha value is -0.610. The minimum absolute atomic E-state index is 0.0336. The third-order valence-corrected chi connectivity index (χ3v) is 5.10. The van der Waals surface area contributed by atoms with Crippen LogP contribution in [0.5, 0.6) is 0 Å². The molecule has 0 aliphatic carbocycles. The lowest BCUT2D eigenvalue weighted by Crippen LogP contribution is -2.57. The highest BCUT2D eigenvalue weighted by Crippen LogP contribution is 2.27. The Kier molecular flexibility index (Phi) is 11.6. The monoisotopic (exact) mass is 343 g/mol. The first-order valence-electron chi connectivity index (χ1n) is 9.78. The fourth-order valence-electron chi connectivity index (χ4n) is 3.25. The highest BCUT2D eigenvalue weighted by atomic mass is 16.6. The van der Waals surface area contributed by atoms with E-state index in [-0.39, 0.29) is 17.8 Å². The Morgan fingerprint density at radius 1 is 1.00 bits per heavy atom. The summed E-state index contributed by atoms with van der Waals surface area (Å²) in [6.45, 7) is 9.80. The summed E-state index contributed by atoms with van der Waals surface area (Å²) in [5, 5.41) is 10.8. The number of esters is 1. The van der Waals surface area contributed by atoms with E-state index in [1.165, 1.54) is 38.5 Å². The maximum absolute atomic E-state index is 12.3. The van der Waals surface area contributed by atoms with Gasteiger partial charge in [-0.2, -0.15) is 0 Å². The number of carbonyl (C=O) groups is 1. The van der Waals surface area contributed by atoms with Crippen LogP contribution in [0.25, 0.3) is 0 Å². The summed E-state index contributed by atoms with van der Waals surface area (Å²) in [6.07, 6.45) is 9.04. The standard InChI is InChI=1S/C20H41NO3/c1-8-9-10-11-12-13-14-15-17(4)19(22)24-18(5)20(23,16(2)3)21(6)7/h16-18,23H,8-15H2,1-7H3. The molecule has 4 heteroatoms. The molecule has 0 aromatic rings. The average molecular weight is 344 g/mol. The van der Waals surface area contributed by atoms with Crippen molar-refractivity contribution in [2.75, 3.05) is 14.1 Å². The first-order chi connectivity index (χ1) is 11.2. The number of hydrogen-bond acceptors (Lipinski definition) is 4. The van der Waals surface area contributed by atoms with Crippen LogP contribution in [0.3, 0.4) is 0 Å². The SMILES string of the molecule is CCCCCCCCCC(C)C(=O)OC(C)C(O)(C(C)C)N(C)C. The quantitative estimate of drug-likeness (QED) is 0.302. The van der Waals surface area contributed by atoms with Crippen LogP contribution >= 0.6 is 0 Å². The van der Waals surface area contributed by atoms with E-state index in [0.717, 1.165) is 12.8 Å². The highest BCUT2D eigenvalue weighted by molar-refractivity contribution is 5.72. The highest BCUT2D eigenvalue weighted by Gasteiger charge is 2.42. The van der Waals surface area contributed by atoms with Gasteiger partial charge in [-0.3, -0.25) is 9.69 Å². The van der Waals surface area contributed by atoms with Crippen LogP contribution in [-0.2, 0) is 9.53 Å². The number of nitrogens with zero attached hydrogens (tertiary/aromatic N) is 1. The first-order valence-corrected chi connectivity index (χ1v) is 9.78. The van der Waals surface area contributed by atoms with Crippen molar-refractivity contribution in [3.05, 3.63) is 0 Å². The fourth-order valence-corrected chi connectivity index (χ4v) is 3.25. The molecule has 1 N–H and O–H groups in total. The van der Waals surface area contributed by atoms with Gasteiger partial charge in [-0.1, -0.05) is 72.6 Å². The van der Waals surface area contributed by atoms with Gasteiger partial charge >= 0.3 is 5.97 Å². The van der Waals surface area contributed by atoms with E-state index in [0.29, 0.717) is 0 Å². The molecule has 0 bridgehead atoms. The minimum atomic E-state index is -1.14. The van der Waals surface area contributed by atoms with E-state index >= 15 is 0 Å². The number of likely N-dealkylation sites (N-methyl/N-ethyl adjacent to an activating group) is 1. The van der Waals surface area contributed by atoms with Crippen LogP contribution in [0, 0.1) is 11.8 Å². The maximum Gasteiger partial charge on any atom is 0.309 e. The molecular formula is C20H41NO3. The lowest BCUT2D eigenvalue weighted by Gasteiger charge is -2.42. The van der Waals surface area contributed by atoms with Gasteiger partial charge in [0.05, 0.1) is 5.92 Å². The summed E-state index contributed by atoms with van der Waals surface area (Å²) in [5.74, 6) is -0.343. The molecule has 0 fully saturated rings. The Morgan fingerprint density at radius 3 is 1.96 bits per heavy atom. The molecule has 144 valence electrons. The van der Waals surface area contributed by atoms with Gasteiger partial charge in [0.2, 0.25) is 0 Å². The molecule has 0 aromatic heterocycles. The van der Waals surface area contributed by atoms with Gasteiger partial charge in [0.1, 0.15) is 6.10 Å². The van der Waals surface area contributed by atoms with Crippen molar-refractivity contribution in [1.82, 2.24) is 4.90 Å². The van der Waals surface area contributed by atoms with E-state index in [1.54, 1.807) is 11.8 Å². The van der Waals surface area contributed by atoms with Crippen molar-refractivity contribution in [2.24, 2.45) is 11.8 Å². The van der Waals surface area contributed by atoms with Crippen molar-refractivity contribution in [3.8, 4) is 0 Å². The summed E-state index contributed by atoms with van der Waals surface area (Å²) in [7, 11) is 3.62. The number of rotatable bonds is 13. The lowest BCUT2D eigenvalue weighted by molar-refractivity contribution is -0.207. The van der Waals surface area contributed by atoms with E-state index in [9.17, 15) is 9.90 Å². The van der Waals surface area contributed by atoms with Crippen LogP contribution in [-0.4, -0.2) is 41.9 Å². The molecule has 0 amide bonds. The first kappa shape index (κ1) is 23.4. The van der Waals surface area contributed by atoms with E-state index in [4.69, 9.17) is 4.74 Å². The summed E-state index contributed by atoms with van der Waals surface area (Å²) >= 11 is 0. The van der Waals surface area contributed by atoms with Crippen LogP contribution < -0.4 is 0 Å². The Balaban J connectivity index is 4.21. The van der Waals surface area contributed by atoms with Crippen molar-refractivity contribution in [1.29, 1.82) is 0 Å². The topological polar surface area (TPSA) is 49.8 Å². The van der Waals surface area contributed by atoms with Crippen LogP contribution in [0.2, 0.25) is 0 Å². The van der Waals surface area contributed by atoms with Gasteiger partial charge < -0.3 is 9.84 Å². The molecule has 3 unspecified atom stereocenters. The van der Waals surface area contributed by atoms with Gasteiger partial charge in [0, 0.05) is 0 Å². The zero-order chi connectivity index (χ0) is 18.8. The van der Waals surface area contributed by atoms with E-state index in [1.807, 2.05) is 34.9 Å². The fraction of sp³-hybridized carbons (Fsp3) is 0.950. The van der Waals surface area contributed by atoms with Crippen molar-refractivity contribution >= 4 is 5.97 Å². The number of ether oxygens (including phenoxy) is 1. The van der Waals surface area contributed by atoms with Gasteiger partial charge in [-0.05, 0) is 33.4 Å². The van der Waals surface area contributed by atoms with Crippen molar-refractivity contribution in [2.45, 2.75) is 97.8 Å². The molecule has 0 radical (unpaired) electrons. The van der Waals surface area contributed by atoms with Gasteiger partial charge in [-0.25, -0.2) is 0 Å². The van der Waals surface area contributed by atoms with Crippen LogP contribution in [0.15, 0.2) is 0 Å². The summed E-state index contributed by atoms with van der Waals surface area (Å²) < 4.78 is 5.58. The second-order valence-electron chi connectivity index (χ2n) is 7.72. The Bertz CT molecular complexity index is 334. The van der Waals surface area contributed by atoms with Crippen LogP contribution in [0.1, 0.15) is 86.0 Å². The normalized spacial score (nSPS) is 16.9. The van der Waals surface area contributed by atoms with Crippen molar-refractivity contribution in [3.63, 3.8) is 0 Å². The molecule has 4 nitrogen and oxygen atoms in total. The minimum Gasteiger partial charge on any atom is -0.458 e. The largest absolute Gasteiger partial charge is 0.458 e. The Morgan fingerprint density at radius 2 is 1.50 bits per heavy atom. The molecule has 0 aliphatic rings. The number of carbonyl (C=O) groups excluding carboxylic acids is 1. The third-order valence-electron chi connectivity index (χ3n) is 5.10. The number of hydrogen-bond donors (Lipinski definition) is 1. The predicted molar refractivity (Wildman–Crippen MR) is 101 cm³/mol. The summed E-state index contributed by atoms with van der Waals surface area (Å²) in [6, 6.07) is 0. The van der Waals surface area contributed by atoms with Crippen LogP contribution in [0.4, 0.5) is 0 Å². The molecular weight excluding hydrogens is 302 g/mol. The molecule has 0 saturated carbocycles. The van der Waals surface area contributed by atoms with Gasteiger partial charge in [0.15, 0.2) is 5.72 Å². The molecule has 0 aliphatic heterocycles. The second-order valence-corrected chi connectivity index (χ2v) is 7.72. The summed E-state index contributed by atoms with van der Waals surface area (Å²) in [5.41, 5.74) is -1.14. The zero-order valence-corrected chi connectivity index (χ0v) is 17.1. The Labute approximate surface area is 150 Å². The van der Waals surface area contributed by atoms with E-state index < -0.39 is 11.8 Å². The zero-order valence-electron chi connectivity index (χ0n) is 17.1. The maximum atomic E-state index is 12.3. The lowest BCUT2D eigenvalue weighted by atomic mass is 9.93. The molecule has 0 rings (SSSR count). The third kappa shape index (κ3) is 7.52. The van der Waals surface area contributed by atoms with Gasteiger partial charge in [-0.15, -0.1) is 0 Å². The average Bonchev–Trinajstić information content (AvgIpc) is 2.52. The van der Waals surface area contributed by atoms with Crippen molar-refractivity contribution < 1.29 is 14.6 Å². The number of unbranched alkanes of at least 4 members (excludes halogenated alkanes) is 6.